The number of hydrogen-bond acceptors (Lipinski definition) is 4. The lowest BCUT2D eigenvalue weighted by molar-refractivity contribution is -0.137. The highest BCUT2D eigenvalue weighted by Crippen LogP contribution is 2.34. The third kappa shape index (κ3) is 4.66. The highest BCUT2D eigenvalue weighted by Gasteiger charge is 2.36. The van der Waals surface area contributed by atoms with Gasteiger partial charge in [-0.1, -0.05) is 18.2 Å². The van der Waals surface area contributed by atoms with Crippen molar-refractivity contribution in [2.75, 3.05) is 18.8 Å². The summed E-state index contributed by atoms with van der Waals surface area (Å²) in [6, 6.07) is 12.5. The molecule has 1 saturated heterocycles. The number of nitrogens with two attached hydrogens (primary N) is 1. The van der Waals surface area contributed by atoms with Crippen LogP contribution in [-0.2, 0) is 12.7 Å². The summed E-state index contributed by atoms with van der Waals surface area (Å²) in [6.07, 6.45) is -2.95. The normalized spacial score (nSPS) is 14.0. The Kier molecular flexibility index (Phi) is 6.42. The van der Waals surface area contributed by atoms with Gasteiger partial charge in [0, 0.05) is 30.8 Å². The molecule has 0 saturated carbocycles. The Bertz CT molecular complexity index is 1380. The van der Waals surface area contributed by atoms with E-state index in [-0.39, 0.29) is 36.6 Å². The van der Waals surface area contributed by atoms with Gasteiger partial charge >= 0.3 is 6.18 Å². The van der Waals surface area contributed by atoms with Gasteiger partial charge in [0.05, 0.1) is 28.7 Å². The van der Waals surface area contributed by atoms with Crippen molar-refractivity contribution in [1.29, 1.82) is 0 Å². The molecule has 182 valence electrons. The van der Waals surface area contributed by atoms with E-state index in [2.05, 4.69) is 10.1 Å². The number of carbonyl (C=O) groups excluding carboxylic acids is 1. The van der Waals surface area contributed by atoms with Gasteiger partial charge in [-0.15, -0.1) is 12.4 Å². The van der Waals surface area contributed by atoms with E-state index in [0.717, 1.165) is 12.1 Å². The van der Waals surface area contributed by atoms with Crippen LogP contribution in [0.15, 0.2) is 60.8 Å². The molecule has 0 radical (unpaired) electrons. The fourth-order valence-corrected chi connectivity index (χ4v) is 4.17. The van der Waals surface area contributed by atoms with Gasteiger partial charge in [-0.05, 0) is 42.0 Å². The minimum atomic E-state index is -4.41. The highest BCUT2D eigenvalue weighted by atomic mass is 35.5. The van der Waals surface area contributed by atoms with Crippen molar-refractivity contribution >= 4 is 35.0 Å². The van der Waals surface area contributed by atoms with Crippen LogP contribution in [0.5, 0.6) is 0 Å². The van der Waals surface area contributed by atoms with Crippen molar-refractivity contribution in [3.63, 3.8) is 0 Å². The molecule has 0 spiro atoms. The first-order valence-electron chi connectivity index (χ1n) is 10.5. The number of nitrogens with zero attached hydrogens (tertiary/aromatic N) is 4. The van der Waals surface area contributed by atoms with Gasteiger partial charge in [0.15, 0.2) is 0 Å². The largest absolute Gasteiger partial charge is 0.416 e. The number of anilines is 1. The van der Waals surface area contributed by atoms with Gasteiger partial charge < -0.3 is 10.6 Å². The number of benzene rings is 2. The Balaban J connectivity index is 0.00000289. The van der Waals surface area contributed by atoms with E-state index in [1.54, 1.807) is 27.8 Å². The SMILES string of the molecule is Cl.Nc1cc(C(=O)N2CC(c3nn(Cc4ccc(C(F)(F)F)cc4)c4cccc(F)c34)C2)ccn1. The van der Waals surface area contributed by atoms with Crippen molar-refractivity contribution in [1.82, 2.24) is 19.7 Å². The van der Waals surface area contributed by atoms with E-state index in [4.69, 9.17) is 5.73 Å². The number of nitrogen functional groups attached to an aromatic ring is 1. The predicted octanol–water partition coefficient (Wildman–Crippen LogP) is 4.88. The van der Waals surface area contributed by atoms with Crippen LogP contribution in [0.3, 0.4) is 0 Å². The Morgan fingerprint density at radius 2 is 1.80 bits per heavy atom. The number of fused-ring (bicyclic) bond motifs is 1. The topological polar surface area (TPSA) is 77.0 Å². The molecule has 4 aromatic rings. The lowest BCUT2D eigenvalue weighted by Gasteiger charge is -2.38. The second kappa shape index (κ2) is 9.18. The first kappa shape index (κ1) is 24.5. The molecular weight excluding hydrogens is 486 g/mol. The van der Waals surface area contributed by atoms with Crippen molar-refractivity contribution in [3.05, 3.63) is 89.0 Å². The molecule has 0 aliphatic carbocycles. The highest BCUT2D eigenvalue weighted by molar-refractivity contribution is 5.95. The van der Waals surface area contributed by atoms with Crippen LogP contribution in [0.1, 0.15) is 33.1 Å². The van der Waals surface area contributed by atoms with Crippen molar-refractivity contribution < 1.29 is 22.4 Å². The monoisotopic (exact) mass is 505 g/mol. The summed E-state index contributed by atoms with van der Waals surface area (Å²) in [7, 11) is 0. The van der Waals surface area contributed by atoms with Crippen LogP contribution in [0.2, 0.25) is 0 Å². The number of alkyl halides is 3. The lowest BCUT2D eigenvalue weighted by Crippen LogP contribution is -2.48. The first-order valence-corrected chi connectivity index (χ1v) is 10.5. The molecule has 35 heavy (non-hydrogen) atoms. The Hall–Kier alpha value is -3.66. The number of pyridine rings is 1. The number of likely N-dealkylation sites (tertiary alicyclic amines) is 1. The molecule has 6 nitrogen and oxygen atoms in total. The Labute approximate surface area is 203 Å². The van der Waals surface area contributed by atoms with Gasteiger partial charge in [0.25, 0.3) is 5.91 Å². The average Bonchev–Trinajstić information content (AvgIpc) is 3.11. The lowest BCUT2D eigenvalue weighted by atomic mass is 9.93. The summed E-state index contributed by atoms with van der Waals surface area (Å²) >= 11 is 0. The van der Waals surface area contributed by atoms with E-state index < -0.39 is 17.6 Å². The zero-order chi connectivity index (χ0) is 24.0. The molecule has 2 N–H and O–H groups in total. The molecule has 1 aliphatic heterocycles. The smallest absolute Gasteiger partial charge is 0.384 e. The molecule has 3 heterocycles. The first-order chi connectivity index (χ1) is 16.2. The summed E-state index contributed by atoms with van der Waals surface area (Å²) in [5, 5.41) is 4.97. The molecule has 2 aromatic carbocycles. The number of rotatable bonds is 4. The third-order valence-electron chi connectivity index (χ3n) is 5.95. The second-order valence-electron chi connectivity index (χ2n) is 8.25. The minimum Gasteiger partial charge on any atom is -0.384 e. The summed E-state index contributed by atoms with van der Waals surface area (Å²) in [4.78, 5) is 18.2. The molecule has 1 aliphatic rings. The fraction of sp³-hybridized carbons (Fsp3) is 0.208. The van der Waals surface area contributed by atoms with Gasteiger partial charge in [-0.2, -0.15) is 18.3 Å². The molecule has 0 atom stereocenters. The van der Waals surface area contributed by atoms with Gasteiger partial charge in [0.1, 0.15) is 11.6 Å². The third-order valence-corrected chi connectivity index (χ3v) is 5.95. The van der Waals surface area contributed by atoms with Gasteiger partial charge in [0.2, 0.25) is 0 Å². The molecule has 0 bridgehead atoms. The van der Waals surface area contributed by atoms with Crippen LogP contribution in [-0.4, -0.2) is 38.7 Å². The van der Waals surface area contributed by atoms with Crippen molar-refractivity contribution in [2.45, 2.75) is 18.6 Å². The second-order valence-corrected chi connectivity index (χ2v) is 8.25. The molecule has 5 rings (SSSR count). The molecular formula is C24H20ClF4N5O. The number of aromatic nitrogens is 3. The van der Waals surface area contributed by atoms with Gasteiger partial charge in [-0.25, -0.2) is 9.37 Å². The van der Waals surface area contributed by atoms with E-state index in [1.807, 2.05) is 0 Å². The summed E-state index contributed by atoms with van der Waals surface area (Å²) < 4.78 is 54.9. The van der Waals surface area contributed by atoms with Crippen LogP contribution in [0.4, 0.5) is 23.4 Å². The Morgan fingerprint density at radius 1 is 1.09 bits per heavy atom. The summed E-state index contributed by atoms with van der Waals surface area (Å²) in [5.41, 5.74) is 7.02. The average molecular weight is 506 g/mol. The van der Waals surface area contributed by atoms with Gasteiger partial charge in [-0.3, -0.25) is 9.48 Å². The molecule has 1 fully saturated rings. The Morgan fingerprint density at radius 3 is 2.46 bits per heavy atom. The number of hydrogen-bond donors (Lipinski definition) is 1. The minimum absolute atomic E-state index is 0. The number of amides is 1. The van der Waals surface area contributed by atoms with Crippen LogP contribution in [0.25, 0.3) is 10.9 Å². The zero-order valence-electron chi connectivity index (χ0n) is 18.2. The van der Waals surface area contributed by atoms with Crippen molar-refractivity contribution in [3.8, 4) is 0 Å². The van der Waals surface area contributed by atoms with Crippen LogP contribution >= 0.6 is 12.4 Å². The van der Waals surface area contributed by atoms with E-state index in [9.17, 15) is 22.4 Å². The predicted molar refractivity (Wildman–Crippen MR) is 125 cm³/mol. The van der Waals surface area contributed by atoms with E-state index in [1.165, 1.54) is 30.5 Å². The summed E-state index contributed by atoms with van der Waals surface area (Å²) in [6.45, 7) is 0.910. The standard InChI is InChI=1S/C24H19F4N5O.ClH/c25-18-2-1-3-19-21(18)22(16-12-32(13-16)23(34)15-8-9-30-20(29)10-15)31-33(19)11-14-4-6-17(7-5-14)24(26,27)28;/h1-10,16H,11-13H2,(H2,29,30);1H. The van der Waals surface area contributed by atoms with E-state index in [0.29, 0.717) is 40.8 Å². The quantitative estimate of drug-likeness (QED) is 0.401. The number of carbonyl (C=O) groups is 1. The van der Waals surface area contributed by atoms with E-state index >= 15 is 0 Å². The fourth-order valence-electron chi connectivity index (χ4n) is 4.17. The summed E-state index contributed by atoms with van der Waals surface area (Å²) in [5.74, 6) is -0.549. The maximum atomic E-state index is 14.8. The molecule has 0 unspecified atom stereocenters. The molecule has 2 aromatic heterocycles. The van der Waals surface area contributed by atoms with Crippen LogP contribution < -0.4 is 5.73 Å². The number of halogens is 5. The maximum Gasteiger partial charge on any atom is 0.416 e. The maximum absolute atomic E-state index is 14.8. The molecule has 11 heteroatoms. The van der Waals surface area contributed by atoms with Crippen molar-refractivity contribution in [2.24, 2.45) is 0 Å². The molecule has 1 amide bonds. The van der Waals surface area contributed by atoms with Crippen LogP contribution in [0, 0.1) is 5.82 Å². The zero-order valence-corrected chi connectivity index (χ0v) is 19.0.